The van der Waals surface area contributed by atoms with Gasteiger partial charge in [-0.15, -0.1) is 0 Å². The monoisotopic (exact) mass is 275 g/mol. The van der Waals surface area contributed by atoms with E-state index in [-0.39, 0.29) is 18.1 Å². The molecule has 0 saturated heterocycles. The maximum Gasteiger partial charge on any atom is 0.272 e. The van der Waals surface area contributed by atoms with E-state index in [1.807, 2.05) is 0 Å². The van der Waals surface area contributed by atoms with Crippen molar-refractivity contribution >= 4 is 5.91 Å². The number of rotatable bonds is 3. The number of aromatic amines is 1. The van der Waals surface area contributed by atoms with Crippen LogP contribution in [0.5, 0.6) is 0 Å². The van der Waals surface area contributed by atoms with E-state index in [4.69, 9.17) is 4.42 Å². The van der Waals surface area contributed by atoms with Gasteiger partial charge in [0.25, 0.3) is 5.91 Å². The minimum absolute atomic E-state index is 0.120. The molecule has 6 heteroatoms. The van der Waals surface area contributed by atoms with Crippen LogP contribution in [0.25, 0.3) is 11.5 Å². The number of aliphatic hydroxyl groups is 1. The molecule has 1 saturated carbocycles. The van der Waals surface area contributed by atoms with Crippen molar-refractivity contribution in [3.63, 3.8) is 0 Å². The van der Waals surface area contributed by atoms with Crippen LogP contribution in [-0.4, -0.2) is 33.4 Å². The number of amides is 1. The third-order valence-corrected chi connectivity index (χ3v) is 3.63. The number of hydrogen-bond acceptors (Lipinski definition) is 4. The Morgan fingerprint density at radius 3 is 2.90 bits per heavy atom. The fourth-order valence-electron chi connectivity index (χ4n) is 2.48. The summed E-state index contributed by atoms with van der Waals surface area (Å²) in [5, 5.41) is 19.2. The highest BCUT2D eigenvalue weighted by atomic mass is 16.3. The van der Waals surface area contributed by atoms with Gasteiger partial charge in [0.2, 0.25) is 0 Å². The van der Waals surface area contributed by atoms with Crippen LogP contribution in [0.15, 0.2) is 28.9 Å². The number of nitrogens with one attached hydrogen (secondary N) is 2. The Hall–Kier alpha value is -2.08. The number of hydrogen-bond donors (Lipinski definition) is 3. The van der Waals surface area contributed by atoms with Crippen molar-refractivity contribution in [2.75, 3.05) is 0 Å². The van der Waals surface area contributed by atoms with Crippen LogP contribution >= 0.6 is 0 Å². The van der Waals surface area contributed by atoms with Gasteiger partial charge in [0.15, 0.2) is 11.5 Å². The Morgan fingerprint density at radius 1 is 1.40 bits per heavy atom. The summed E-state index contributed by atoms with van der Waals surface area (Å²) in [5.41, 5.74) is 1.03. The lowest BCUT2D eigenvalue weighted by atomic mass is 9.93. The predicted molar refractivity (Wildman–Crippen MR) is 72.0 cm³/mol. The number of H-pyrrole nitrogens is 1. The molecule has 0 aliphatic heterocycles. The summed E-state index contributed by atoms with van der Waals surface area (Å²) in [6.07, 6.45) is 4.44. The maximum absolute atomic E-state index is 12.1. The minimum Gasteiger partial charge on any atom is -0.463 e. The molecule has 2 aromatic heterocycles. The first kappa shape index (κ1) is 12.9. The van der Waals surface area contributed by atoms with E-state index < -0.39 is 0 Å². The lowest BCUT2D eigenvalue weighted by molar-refractivity contribution is 0.0863. The summed E-state index contributed by atoms with van der Waals surface area (Å²) in [6.45, 7) is 0. The molecule has 0 radical (unpaired) electrons. The summed E-state index contributed by atoms with van der Waals surface area (Å²) >= 11 is 0. The van der Waals surface area contributed by atoms with Crippen molar-refractivity contribution in [1.82, 2.24) is 15.5 Å². The molecule has 0 aromatic carbocycles. The molecule has 1 aliphatic carbocycles. The number of carbonyl (C=O) groups is 1. The number of aromatic nitrogens is 2. The Kier molecular flexibility index (Phi) is 3.56. The molecule has 0 atom stereocenters. The van der Waals surface area contributed by atoms with E-state index in [2.05, 4.69) is 15.5 Å². The zero-order valence-corrected chi connectivity index (χ0v) is 11.0. The van der Waals surface area contributed by atoms with Crippen molar-refractivity contribution in [1.29, 1.82) is 0 Å². The van der Waals surface area contributed by atoms with Gasteiger partial charge in [0, 0.05) is 12.1 Å². The van der Waals surface area contributed by atoms with Crippen molar-refractivity contribution < 1.29 is 14.3 Å². The third-order valence-electron chi connectivity index (χ3n) is 3.63. The third kappa shape index (κ3) is 2.75. The van der Waals surface area contributed by atoms with Crippen LogP contribution < -0.4 is 5.32 Å². The Morgan fingerprint density at radius 2 is 2.20 bits per heavy atom. The molecule has 0 spiro atoms. The quantitative estimate of drug-likeness (QED) is 0.795. The zero-order chi connectivity index (χ0) is 13.9. The SMILES string of the molecule is O=C(NC1CCC(O)CC1)c1cc(-c2ccco2)[nH]n1. The lowest BCUT2D eigenvalue weighted by Gasteiger charge is -2.25. The van der Waals surface area contributed by atoms with Gasteiger partial charge in [-0.3, -0.25) is 9.89 Å². The van der Waals surface area contributed by atoms with Gasteiger partial charge in [0.05, 0.1) is 12.4 Å². The molecule has 2 heterocycles. The highest BCUT2D eigenvalue weighted by Crippen LogP contribution is 2.20. The van der Waals surface area contributed by atoms with Gasteiger partial charge in [-0.1, -0.05) is 0 Å². The fraction of sp³-hybridized carbons (Fsp3) is 0.429. The van der Waals surface area contributed by atoms with E-state index in [9.17, 15) is 9.90 Å². The fourth-order valence-corrected chi connectivity index (χ4v) is 2.48. The number of carbonyl (C=O) groups excluding carboxylic acids is 1. The molecule has 3 N–H and O–H groups in total. The van der Waals surface area contributed by atoms with Crippen molar-refractivity contribution in [2.24, 2.45) is 0 Å². The second-order valence-electron chi connectivity index (χ2n) is 5.12. The molecule has 20 heavy (non-hydrogen) atoms. The summed E-state index contributed by atoms with van der Waals surface area (Å²) in [7, 11) is 0. The summed E-state index contributed by atoms with van der Waals surface area (Å²) in [4.78, 5) is 12.1. The first-order valence-electron chi connectivity index (χ1n) is 6.80. The first-order valence-corrected chi connectivity index (χ1v) is 6.80. The van der Waals surface area contributed by atoms with Crippen LogP contribution in [-0.2, 0) is 0 Å². The highest BCUT2D eigenvalue weighted by molar-refractivity contribution is 5.93. The van der Waals surface area contributed by atoms with E-state index in [1.165, 1.54) is 0 Å². The average molecular weight is 275 g/mol. The van der Waals surface area contributed by atoms with Gasteiger partial charge in [0.1, 0.15) is 5.69 Å². The van der Waals surface area contributed by atoms with E-state index in [0.29, 0.717) is 17.1 Å². The smallest absolute Gasteiger partial charge is 0.272 e. The van der Waals surface area contributed by atoms with Crippen LogP contribution in [0.2, 0.25) is 0 Å². The molecule has 3 rings (SSSR count). The highest BCUT2D eigenvalue weighted by Gasteiger charge is 2.22. The number of aliphatic hydroxyl groups excluding tert-OH is 1. The first-order chi connectivity index (χ1) is 9.72. The van der Waals surface area contributed by atoms with Crippen LogP contribution in [0.1, 0.15) is 36.2 Å². The van der Waals surface area contributed by atoms with E-state index >= 15 is 0 Å². The second-order valence-corrected chi connectivity index (χ2v) is 5.12. The number of furan rings is 1. The Bertz CT molecular complexity index is 568. The Labute approximate surface area is 116 Å². The summed E-state index contributed by atoms with van der Waals surface area (Å²) in [6, 6.07) is 5.38. The predicted octanol–water partition coefficient (Wildman–Crippen LogP) is 1.70. The molecule has 1 aliphatic rings. The van der Waals surface area contributed by atoms with Gasteiger partial charge in [-0.05, 0) is 37.8 Å². The van der Waals surface area contributed by atoms with Crippen molar-refractivity contribution in [3.05, 3.63) is 30.2 Å². The molecular formula is C14H17N3O3. The molecule has 0 bridgehead atoms. The normalized spacial score (nSPS) is 22.6. The standard InChI is InChI=1S/C14H17N3O3/c18-10-5-3-9(4-6-10)15-14(19)12-8-11(16-17-12)13-2-1-7-20-13/h1-2,7-10,18H,3-6H2,(H,15,19)(H,16,17). The largest absolute Gasteiger partial charge is 0.463 e. The van der Waals surface area contributed by atoms with Gasteiger partial charge >= 0.3 is 0 Å². The van der Waals surface area contributed by atoms with Gasteiger partial charge < -0.3 is 14.8 Å². The van der Waals surface area contributed by atoms with Crippen molar-refractivity contribution in [2.45, 2.75) is 37.8 Å². The van der Waals surface area contributed by atoms with Crippen LogP contribution in [0.3, 0.4) is 0 Å². The topological polar surface area (TPSA) is 91.1 Å². The molecule has 2 aromatic rings. The maximum atomic E-state index is 12.1. The minimum atomic E-state index is -0.223. The average Bonchev–Trinajstić information content (AvgIpc) is 3.11. The van der Waals surface area contributed by atoms with Crippen molar-refractivity contribution in [3.8, 4) is 11.5 Å². The van der Waals surface area contributed by atoms with E-state index in [1.54, 1.807) is 24.5 Å². The van der Waals surface area contributed by atoms with E-state index in [0.717, 1.165) is 25.7 Å². The number of nitrogens with zero attached hydrogens (tertiary/aromatic N) is 1. The zero-order valence-electron chi connectivity index (χ0n) is 11.0. The molecular weight excluding hydrogens is 258 g/mol. The molecule has 106 valence electrons. The van der Waals surface area contributed by atoms with Crippen LogP contribution in [0, 0.1) is 0 Å². The summed E-state index contributed by atoms with van der Waals surface area (Å²) in [5.74, 6) is 0.456. The van der Waals surface area contributed by atoms with Gasteiger partial charge in [-0.2, -0.15) is 5.10 Å². The molecule has 6 nitrogen and oxygen atoms in total. The molecule has 0 unspecified atom stereocenters. The Balaban J connectivity index is 1.63. The van der Waals surface area contributed by atoms with Crippen LogP contribution in [0.4, 0.5) is 0 Å². The second kappa shape index (κ2) is 5.50. The molecule has 1 amide bonds. The molecule has 1 fully saturated rings. The van der Waals surface area contributed by atoms with Gasteiger partial charge in [-0.25, -0.2) is 0 Å². The lowest BCUT2D eigenvalue weighted by Crippen LogP contribution is -2.38. The summed E-state index contributed by atoms with van der Waals surface area (Å²) < 4.78 is 5.24.